The number of methoxy groups -OCH3 is 1. The van der Waals surface area contributed by atoms with E-state index in [-0.39, 0.29) is 5.56 Å². The Labute approximate surface area is 180 Å². The standard InChI is InChI=1S/C24H27F2N3O2/c1-14(2)15-4-7-18(8-5-15)29-13-16-10-22(23(31-3)12-21(16)28-29)27-24(30)19-9-6-17(25)11-20(19)26/h6,9-15,18H,4-5,7-8H2,1-3H3,(H,27,30). The van der Waals surface area contributed by atoms with Crippen molar-refractivity contribution in [3.05, 3.63) is 53.7 Å². The van der Waals surface area contributed by atoms with Gasteiger partial charge in [-0.2, -0.15) is 5.10 Å². The van der Waals surface area contributed by atoms with Crippen molar-refractivity contribution in [3.63, 3.8) is 0 Å². The Morgan fingerprint density at radius 1 is 1.16 bits per heavy atom. The van der Waals surface area contributed by atoms with Crippen molar-refractivity contribution >= 4 is 22.5 Å². The minimum absolute atomic E-state index is 0.235. The summed E-state index contributed by atoms with van der Waals surface area (Å²) in [6.07, 6.45) is 6.59. The first-order chi connectivity index (χ1) is 14.9. The van der Waals surface area contributed by atoms with Gasteiger partial charge in [0.05, 0.1) is 29.9 Å². The molecule has 0 spiro atoms. The third kappa shape index (κ3) is 4.40. The lowest BCUT2D eigenvalue weighted by Crippen LogP contribution is -2.21. The van der Waals surface area contributed by atoms with Crippen molar-refractivity contribution in [2.75, 3.05) is 12.4 Å². The lowest BCUT2D eigenvalue weighted by atomic mass is 9.80. The van der Waals surface area contributed by atoms with Gasteiger partial charge in [0.1, 0.15) is 17.4 Å². The van der Waals surface area contributed by atoms with Crippen LogP contribution in [0.1, 0.15) is 55.9 Å². The Balaban J connectivity index is 1.58. The summed E-state index contributed by atoms with van der Waals surface area (Å²) in [6, 6.07) is 6.76. The fourth-order valence-electron chi connectivity index (χ4n) is 4.42. The predicted molar refractivity (Wildman–Crippen MR) is 116 cm³/mol. The van der Waals surface area contributed by atoms with Crippen LogP contribution in [0, 0.1) is 23.5 Å². The van der Waals surface area contributed by atoms with Gasteiger partial charge in [-0.15, -0.1) is 0 Å². The van der Waals surface area contributed by atoms with Crippen LogP contribution in [-0.4, -0.2) is 22.8 Å². The van der Waals surface area contributed by atoms with Crippen molar-refractivity contribution in [1.82, 2.24) is 9.78 Å². The van der Waals surface area contributed by atoms with Crippen LogP contribution >= 0.6 is 0 Å². The number of anilines is 1. The minimum Gasteiger partial charge on any atom is -0.494 e. The molecule has 1 saturated carbocycles. The van der Waals surface area contributed by atoms with E-state index in [1.165, 1.54) is 20.0 Å². The van der Waals surface area contributed by atoms with Crippen LogP contribution in [0.3, 0.4) is 0 Å². The number of nitrogens with one attached hydrogen (secondary N) is 1. The van der Waals surface area contributed by atoms with Crippen molar-refractivity contribution in [2.45, 2.75) is 45.6 Å². The number of ether oxygens (including phenoxy) is 1. The van der Waals surface area contributed by atoms with Crippen LogP contribution in [0.5, 0.6) is 5.75 Å². The summed E-state index contributed by atoms with van der Waals surface area (Å²) in [5, 5.41) is 8.28. The minimum atomic E-state index is -0.914. The first kappa shape index (κ1) is 21.3. The third-order valence-electron chi connectivity index (χ3n) is 6.33. The first-order valence-corrected chi connectivity index (χ1v) is 10.7. The van der Waals surface area contributed by atoms with Crippen LogP contribution in [0.15, 0.2) is 36.5 Å². The number of rotatable bonds is 5. The van der Waals surface area contributed by atoms with Gasteiger partial charge < -0.3 is 10.1 Å². The number of carbonyl (C=O) groups excluding carboxylic acids is 1. The van der Waals surface area contributed by atoms with Gasteiger partial charge in [0.15, 0.2) is 0 Å². The predicted octanol–water partition coefficient (Wildman–Crippen LogP) is 5.96. The number of aromatic nitrogens is 2. The molecule has 4 rings (SSSR count). The van der Waals surface area contributed by atoms with Gasteiger partial charge in [-0.1, -0.05) is 13.8 Å². The van der Waals surface area contributed by atoms with E-state index in [0.29, 0.717) is 29.5 Å². The number of amides is 1. The molecule has 0 unspecified atom stereocenters. The summed E-state index contributed by atoms with van der Waals surface area (Å²) in [6.45, 7) is 4.57. The lowest BCUT2D eigenvalue weighted by Gasteiger charge is -2.30. The molecule has 1 aliphatic carbocycles. The molecule has 31 heavy (non-hydrogen) atoms. The fraction of sp³-hybridized carbons (Fsp3) is 0.417. The quantitative estimate of drug-likeness (QED) is 0.546. The van der Waals surface area contributed by atoms with E-state index in [0.717, 1.165) is 41.8 Å². The molecule has 5 nitrogen and oxygen atoms in total. The molecule has 1 aliphatic rings. The molecular weight excluding hydrogens is 400 g/mol. The second kappa shape index (κ2) is 8.65. The highest BCUT2D eigenvalue weighted by molar-refractivity contribution is 6.06. The summed E-state index contributed by atoms with van der Waals surface area (Å²) in [7, 11) is 1.50. The van der Waals surface area contributed by atoms with Crippen molar-refractivity contribution in [1.29, 1.82) is 0 Å². The number of nitrogens with zero attached hydrogens (tertiary/aromatic N) is 2. The summed E-state index contributed by atoms with van der Waals surface area (Å²) in [5.41, 5.74) is 0.946. The average Bonchev–Trinajstić information content (AvgIpc) is 3.16. The topological polar surface area (TPSA) is 56.1 Å². The highest BCUT2D eigenvalue weighted by Gasteiger charge is 2.25. The Hall–Kier alpha value is -2.96. The van der Waals surface area contributed by atoms with Gasteiger partial charge >= 0.3 is 0 Å². The van der Waals surface area contributed by atoms with Gasteiger partial charge in [0, 0.05) is 23.7 Å². The van der Waals surface area contributed by atoms with Gasteiger partial charge in [-0.3, -0.25) is 9.48 Å². The highest BCUT2D eigenvalue weighted by atomic mass is 19.1. The van der Waals surface area contributed by atoms with E-state index in [2.05, 4.69) is 19.2 Å². The SMILES string of the molecule is COc1cc2nn(C3CCC(C(C)C)CC3)cc2cc1NC(=O)c1ccc(F)cc1F. The molecule has 3 aromatic rings. The monoisotopic (exact) mass is 427 g/mol. The van der Waals surface area contributed by atoms with Crippen molar-refractivity contribution < 1.29 is 18.3 Å². The molecular formula is C24H27F2N3O2. The van der Waals surface area contributed by atoms with Crippen LogP contribution in [0.4, 0.5) is 14.5 Å². The first-order valence-electron chi connectivity index (χ1n) is 10.7. The zero-order valence-electron chi connectivity index (χ0n) is 18.0. The van der Waals surface area contributed by atoms with Crippen LogP contribution < -0.4 is 10.1 Å². The van der Waals surface area contributed by atoms with E-state index in [9.17, 15) is 13.6 Å². The Morgan fingerprint density at radius 2 is 1.90 bits per heavy atom. The van der Waals surface area contributed by atoms with Gasteiger partial charge in [0.2, 0.25) is 0 Å². The molecule has 2 aromatic carbocycles. The zero-order chi connectivity index (χ0) is 22.1. The Kier molecular flexibility index (Phi) is 5.94. The molecule has 1 heterocycles. The molecule has 1 fully saturated rings. The van der Waals surface area contributed by atoms with E-state index in [1.807, 2.05) is 10.9 Å². The number of fused-ring (bicyclic) bond motifs is 1. The van der Waals surface area contributed by atoms with Crippen LogP contribution in [0.2, 0.25) is 0 Å². The number of carbonyl (C=O) groups is 1. The largest absolute Gasteiger partial charge is 0.494 e. The van der Waals surface area contributed by atoms with Gasteiger partial charge in [0.25, 0.3) is 5.91 Å². The summed E-state index contributed by atoms with van der Waals surface area (Å²) in [5.74, 6) is -0.411. The number of benzene rings is 2. The molecule has 0 saturated heterocycles. The maximum atomic E-state index is 14.0. The Morgan fingerprint density at radius 3 is 2.55 bits per heavy atom. The number of hydrogen-bond acceptors (Lipinski definition) is 3. The molecule has 0 aliphatic heterocycles. The zero-order valence-corrected chi connectivity index (χ0v) is 18.0. The molecule has 164 valence electrons. The Bertz CT molecular complexity index is 1100. The average molecular weight is 427 g/mol. The number of hydrogen-bond donors (Lipinski definition) is 1. The van der Waals surface area contributed by atoms with Crippen LogP contribution in [-0.2, 0) is 0 Å². The van der Waals surface area contributed by atoms with E-state index in [4.69, 9.17) is 9.84 Å². The van der Waals surface area contributed by atoms with Crippen LogP contribution in [0.25, 0.3) is 10.9 Å². The van der Waals surface area contributed by atoms with E-state index >= 15 is 0 Å². The molecule has 1 aromatic heterocycles. The second-order valence-electron chi connectivity index (χ2n) is 8.61. The number of halogens is 2. The third-order valence-corrected chi connectivity index (χ3v) is 6.33. The van der Waals surface area contributed by atoms with E-state index < -0.39 is 17.5 Å². The van der Waals surface area contributed by atoms with E-state index in [1.54, 1.807) is 12.1 Å². The van der Waals surface area contributed by atoms with Gasteiger partial charge in [-0.25, -0.2) is 8.78 Å². The highest BCUT2D eigenvalue weighted by Crippen LogP contribution is 2.37. The maximum Gasteiger partial charge on any atom is 0.258 e. The molecule has 0 radical (unpaired) electrons. The molecule has 7 heteroatoms. The summed E-state index contributed by atoms with van der Waals surface area (Å²) >= 11 is 0. The van der Waals surface area contributed by atoms with Gasteiger partial charge in [-0.05, 0) is 55.7 Å². The molecule has 1 amide bonds. The second-order valence-corrected chi connectivity index (χ2v) is 8.61. The summed E-state index contributed by atoms with van der Waals surface area (Å²) in [4.78, 5) is 12.5. The summed E-state index contributed by atoms with van der Waals surface area (Å²) < 4.78 is 34.6. The molecule has 0 atom stereocenters. The van der Waals surface area contributed by atoms with Crippen molar-refractivity contribution in [2.24, 2.45) is 11.8 Å². The lowest BCUT2D eigenvalue weighted by molar-refractivity contribution is 0.102. The molecule has 0 bridgehead atoms. The van der Waals surface area contributed by atoms with Crippen molar-refractivity contribution in [3.8, 4) is 5.75 Å². The fourth-order valence-corrected chi connectivity index (χ4v) is 4.42. The maximum absolute atomic E-state index is 14.0. The smallest absolute Gasteiger partial charge is 0.258 e. The normalized spacial score (nSPS) is 19.0. The molecule has 1 N–H and O–H groups in total.